The van der Waals surface area contributed by atoms with Gasteiger partial charge in [0.1, 0.15) is 13.2 Å². The molecular formula is C41H49N3O10S. The molecule has 294 valence electrons. The summed E-state index contributed by atoms with van der Waals surface area (Å²) in [7, 11) is 2.51. The molecular weight excluding hydrogens is 727 g/mol. The van der Waals surface area contributed by atoms with Gasteiger partial charge in [-0.3, -0.25) is 24.0 Å². The number of thioether (sulfide) groups is 1. The van der Waals surface area contributed by atoms with E-state index in [4.69, 9.17) is 14.2 Å². The predicted octanol–water partition coefficient (Wildman–Crippen LogP) is 5.78. The lowest BCUT2D eigenvalue weighted by atomic mass is 9.78. The number of carbonyl (C=O) groups is 7. The molecule has 0 heterocycles. The summed E-state index contributed by atoms with van der Waals surface area (Å²) in [6.07, 6.45) is -2.22. The van der Waals surface area contributed by atoms with Crippen LogP contribution in [0.2, 0.25) is 0 Å². The number of nitrogens with one attached hydrogen (secondary N) is 2. The topological polar surface area (TPSA) is 174 Å². The molecule has 1 unspecified atom stereocenters. The number of benzene rings is 3. The Balaban J connectivity index is 2.21. The second-order valence-electron chi connectivity index (χ2n) is 13.0. The van der Waals surface area contributed by atoms with Gasteiger partial charge in [-0.2, -0.15) is 0 Å². The molecule has 55 heavy (non-hydrogen) atoms. The summed E-state index contributed by atoms with van der Waals surface area (Å²) in [6, 6.07) is 24.3. The van der Waals surface area contributed by atoms with Gasteiger partial charge in [-0.15, -0.1) is 0 Å². The van der Waals surface area contributed by atoms with Crippen LogP contribution in [-0.4, -0.2) is 76.8 Å². The number of hydrogen-bond donors (Lipinski definition) is 2. The monoisotopic (exact) mass is 775 g/mol. The number of carbonyl (C=O) groups excluding carboxylic acids is 7. The molecule has 0 spiro atoms. The van der Waals surface area contributed by atoms with Crippen LogP contribution < -0.4 is 10.6 Å². The van der Waals surface area contributed by atoms with E-state index in [9.17, 15) is 28.8 Å². The van der Waals surface area contributed by atoms with Gasteiger partial charge in [0.15, 0.2) is 16.4 Å². The number of esters is 1. The van der Waals surface area contributed by atoms with E-state index in [2.05, 4.69) is 10.6 Å². The van der Waals surface area contributed by atoms with Gasteiger partial charge in [0, 0.05) is 26.8 Å². The van der Waals surface area contributed by atoms with Crippen molar-refractivity contribution in [3.63, 3.8) is 0 Å². The van der Waals surface area contributed by atoms with E-state index in [1.165, 1.54) is 21.1 Å². The molecule has 2 N–H and O–H groups in total. The van der Waals surface area contributed by atoms with Crippen LogP contribution in [0.25, 0.3) is 0 Å². The number of likely N-dealkylation sites (N-methyl/N-ethyl adjacent to an activating group) is 1. The van der Waals surface area contributed by atoms with Gasteiger partial charge in [-0.25, -0.2) is 14.5 Å². The van der Waals surface area contributed by atoms with Crippen molar-refractivity contribution >= 4 is 52.6 Å². The van der Waals surface area contributed by atoms with Crippen LogP contribution in [0.4, 0.5) is 9.59 Å². The van der Waals surface area contributed by atoms with Crippen molar-refractivity contribution in [1.82, 2.24) is 15.5 Å². The molecule has 4 amide bonds. The van der Waals surface area contributed by atoms with Crippen LogP contribution >= 0.6 is 11.8 Å². The van der Waals surface area contributed by atoms with Crippen LogP contribution in [-0.2, 0) is 57.8 Å². The fraction of sp³-hybridized carbons (Fsp3) is 0.390. The average Bonchev–Trinajstić information content (AvgIpc) is 3.19. The molecule has 0 bridgehead atoms. The first kappa shape index (κ1) is 43.9. The lowest BCUT2D eigenvalue weighted by Crippen LogP contribution is -2.72. The predicted molar refractivity (Wildman–Crippen MR) is 206 cm³/mol. The van der Waals surface area contributed by atoms with E-state index >= 15 is 4.79 Å². The minimum absolute atomic E-state index is 0.0104. The summed E-state index contributed by atoms with van der Waals surface area (Å²) in [5.41, 5.74) is -1.02. The number of amides is 4. The summed E-state index contributed by atoms with van der Waals surface area (Å²) in [4.78, 5) is 97.5. The van der Waals surface area contributed by atoms with Crippen molar-refractivity contribution in [2.75, 3.05) is 14.2 Å². The number of methoxy groups -OCH3 is 1. The van der Waals surface area contributed by atoms with Crippen molar-refractivity contribution in [1.29, 1.82) is 0 Å². The number of unbranched alkanes of at least 4 members (excludes halogenated alkanes) is 1. The normalized spacial score (nSPS) is 13.0. The standard InChI is InChI=1S/C41H49N3O10S/c1-28(2)35(43-39(50)53-26-31-19-11-7-12-20-31)36(47)41(38(49)42-4,25-30-17-9-6-10-18-30)44(40(51)54-27-32-21-13-8-14-22-32)37(48)33(55-29(3)45)23-15-16-24-34(46)52-5/h6-14,17-22,28,33,35H,15-16,23-27H2,1-5H3,(H,42,49)(H,43,50)/t33?,35-,41+/m0/s1. The zero-order chi connectivity index (χ0) is 40.4. The SMILES string of the molecule is CNC(=O)[C@@](Cc1ccccc1)(C(=O)[C@@H](NC(=O)OCc1ccccc1)C(C)C)N(C(=O)OCc1ccccc1)C(=O)C(CCCCC(=O)OC)SC(C)=O. The van der Waals surface area contributed by atoms with Crippen molar-refractivity contribution in [2.24, 2.45) is 5.92 Å². The fourth-order valence-electron chi connectivity index (χ4n) is 5.85. The second-order valence-corrected chi connectivity index (χ2v) is 14.4. The smallest absolute Gasteiger partial charge is 0.418 e. The third-order valence-corrected chi connectivity index (χ3v) is 9.70. The van der Waals surface area contributed by atoms with Gasteiger partial charge >= 0.3 is 18.2 Å². The quantitative estimate of drug-likeness (QED) is 0.0654. The number of rotatable bonds is 19. The van der Waals surface area contributed by atoms with Crippen molar-refractivity contribution in [3.8, 4) is 0 Å². The number of ether oxygens (including phenoxy) is 3. The molecule has 0 aliphatic rings. The fourth-order valence-corrected chi connectivity index (χ4v) is 6.74. The van der Waals surface area contributed by atoms with Gasteiger partial charge < -0.3 is 24.8 Å². The molecule has 0 aliphatic heterocycles. The molecule has 0 radical (unpaired) electrons. The van der Waals surface area contributed by atoms with E-state index in [0.717, 1.165) is 0 Å². The summed E-state index contributed by atoms with van der Waals surface area (Å²) < 4.78 is 15.9. The van der Waals surface area contributed by atoms with Gasteiger partial charge in [0.25, 0.3) is 5.91 Å². The highest BCUT2D eigenvalue weighted by molar-refractivity contribution is 8.14. The van der Waals surface area contributed by atoms with E-state index in [0.29, 0.717) is 39.8 Å². The zero-order valence-electron chi connectivity index (χ0n) is 31.8. The first-order valence-corrected chi connectivity index (χ1v) is 18.8. The van der Waals surface area contributed by atoms with Gasteiger partial charge in [-0.05, 0) is 35.4 Å². The Labute approximate surface area is 325 Å². The summed E-state index contributed by atoms with van der Waals surface area (Å²) in [5, 5.41) is 3.32. The maximum Gasteiger partial charge on any atom is 0.418 e. The molecule has 0 aliphatic carbocycles. The largest absolute Gasteiger partial charge is 0.469 e. The first-order chi connectivity index (χ1) is 26.3. The number of ketones is 1. The molecule has 0 fully saturated rings. The highest BCUT2D eigenvalue weighted by atomic mass is 32.2. The highest BCUT2D eigenvalue weighted by Gasteiger charge is 2.59. The molecule has 3 atom stereocenters. The molecule has 0 saturated carbocycles. The molecule has 3 aromatic rings. The number of Topliss-reactive ketones (excluding diaryl/α,β-unsaturated/α-hetero) is 1. The second kappa shape index (κ2) is 22.0. The number of nitrogens with zero attached hydrogens (tertiary/aromatic N) is 1. The van der Waals surface area contributed by atoms with E-state index in [-0.39, 0.29) is 32.5 Å². The number of alkyl carbamates (subject to hydrolysis) is 1. The number of hydrogen-bond acceptors (Lipinski definition) is 11. The van der Waals surface area contributed by atoms with Crippen molar-refractivity contribution in [2.45, 2.75) is 82.9 Å². The van der Waals surface area contributed by atoms with Gasteiger partial charge in [0.2, 0.25) is 5.91 Å². The zero-order valence-corrected chi connectivity index (χ0v) is 32.6. The lowest BCUT2D eigenvalue weighted by Gasteiger charge is -2.42. The maximum atomic E-state index is 15.3. The highest BCUT2D eigenvalue weighted by Crippen LogP contribution is 2.32. The van der Waals surface area contributed by atoms with Crippen molar-refractivity contribution in [3.05, 3.63) is 108 Å². The van der Waals surface area contributed by atoms with E-state index in [1.807, 2.05) is 6.07 Å². The molecule has 0 aromatic heterocycles. The van der Waals surface area contributed by atoms with Crippen LogP contribution in [0.5, 0.6) is 0 Å². The van der Waals surface area contributed by atoms with Crippen LogP contribution in [0.15, 0.2) is 91.0 Å². The minimum atomic E-state index is -2.66. The Morgan fingerprint density at radius 1 is 0.764 bits per heavy atom. The molecule has 3 rings (SSSR count). The Hall–Kier alpha value is -5.50. The molecule has 0 saturated heterocycles. The first-order valence-electron chi connectivity index (χ1n) is 17.9. The summed E-state index contributed by atoms with van der Waals surface area (Å²) in [5.74, 6) is -4.22. The Morgan fingerprint density at radius 3 is 1.78 bits per heavy atom. The molecule has 13 nitrogen and oxygen atoms in total. The average molecular weight is 776 g/mol. The Morgan fingerprint density at radius 2 is 1.29 bits per heavy atom. The minimum Gasteiger partial charge on any atom is -0.469 e. The molecule has 14 heteroatoms. The van der Waals surface area contributed by atoms with Crippen LogP contribution in [0.3, 0.4) is 0 Å². The van der Waals surface area contributed by atoms with Crippen LogP contribution in [0.1, 0.15) is 63.1 Å². The molecule has 3 aromatic carbocycles. The van der Waals surface area contributed by atoms with E-state index in [1.54, 1.807) is 98.8 Å². The van der Waals surface area contributed by atoms with Crippen LogP contribution in [0, 0.1) is 5.92 Å². The van der Waals surface area contributed by atoms with Gasteiger partial charge in [-0.1, -0.05) is 123 Å². The maximum absolute atomic E-state index is 15.3. The number of imide groups is 1. The van der Waals surface area contributed by atoms with E-state index < -0.39 is 70.0 Å². The Kier molecular flexibility index (Phi) is 17.6. The lowest BCUT2D eigenvalue weighted by molar-refractivity contribution is -0.154. The summed E-state index contributed by atoms with van der Waals surface area (Å²) >= 11 is 0.629. The van der Waals surface area contributed by atoms with Crippen molar-refractivity contribution < 1.29 is 47.8 Å². The Bertz CT molecular complexity index is 1760. The third kappa shape index (κ3) is 12.8. The summed E-state index contributed by atoms with van der Waals surface area (Å²) in [6.45, 7) is 4.07. The van der Waals surface area contributed by atoms with Gasteiger partial charge in [0.05, 0.1) is 18.4 Å². The third-order valence-electron chi connectivity index (χ3n) is 8.65.